The molecule has 8 rings (SSSR count). The fraction of sp³-hybridized carbons (Fsp3) is 0.452. The standard InChI is InChI=1S/C31H25F7N6O2S/c32-13-7-30(4-1-5-43(30)9-13)12-46-29-41-25-15(28(42-29)44-10-20-23(34)19(44)11-45-20)6-17(31(36,37)38)22(24(25)35)14-2-3-18(33)26-21(14)16(8-39)27(40)47-26/h2-3,6,13,19-20,23H,1,4-5,7,9-12,40H2. The van der Waals surface area contributed by atoms with Crippen LogP contribution in [0.3, 0.4) is 0 Å². The van der Waals surface area contributed by atoms with E-state index in [9.17, 15) is 27.2 Å². The molecular weight excluding hydrogens is 653 g/mol. The number of fused-ring (bicyclic) bond motifs is 5. The molecule has 246 valence electrons. The number of aromatic nitrogens is 2. The number of ether oxygens (including phenoxy) is 2. The summed E-state index contributed by atoms with van der Waals surface area (Å²) in [5.74, 6) is -2.43. The van der Waals surface area contributed by atoms with Gasteiger partial charge in [-0.2, -0.15) is 28.4 Å². The Balaban J connectivity index is 1.36. The lowest BCUT2D eigenvalue weighted by atomic mass is 9.92. The van der Waals surface area contributed by atoms with Gasteiger partial charge in [-0.1, -0.05) is 6.07 Å². The molecule has 0 aliphatic carbocycles. The second kappa shape index (κ2) is 10.5. The molecule has 6 heterocycles. The summed E-state index contributed by atoms with van der Waals surface area (Å²) in [7, 11) is 0. The van der Waals surface area contributed by atoms with E-state index in [4.69, 9.17) is 15.2 Å². The molecule has 4 aromatic rings. The Hall–Kier alpha value is -3.94. The van der Waals surface area contributed by atoms with Crippen LogP contribution in [0.4, 0.5) is 41.6 Å². The van der Waals surface area contributed by atoms with Gasteiger partial charge in [0.05, 0.1) is 34.0 Å². The third-order valence-corrected chi connectivity index (χ3v) is 10.9. The third-order valence-electron chi connectivity index (χ3n) is 9.88. The van der Waals surface area contributed by atoms with E-state index in [-0.39, 0.29) is 70.6 Å². The van der Waals surface area contributed by atoms with Crippen LogP contribution in [0.25, 0.3) is 32.1 Å². The smallest absolute Gasteiger partial charge is 0.417 e. The predicted octanol–water partition coefficient (Wildman–Crippen LogP) is 6.14. The number of hydrogen-bond acceptors (Lipinski definition) is 9. The third kappa shape index (κ3) is 4.53. The highest BCUT2D eigenvalue weighted by atomic mass is 32.1. The summed E-state index contributed by atoms with van der Waals surface area (Å²) in [6.45, 7) is 0.753. The molecule has 4 aliphatic heterocycles. The first-order chi connectivity index (χ1) is 22.4. The van der Waals surface area contributed by atoms with Crippen LogP contribution in [0.15, 0.2) is 18.2 Å². The molecule has 5 atom stereocenters. The van der Waals surface area contributed by atoms with Crippen molar-refractivity contribution in [2.24, 2.45) is 0 Å². The highest BCUT2D eigenvalue weighted by Gasteiger charge is 2.51. The van der Waals surface area contributed by atoms with Gasteiger partial charge in [-0.25, -0.2) is 17.6 Å². The van der Waals surface area contributed by atoms with Crippen molar-refractivity contribution in [2.45, 2.75) is 55.5 Å². The zero-order valence-corrected chi connectivity index (χ0v) is 25.2. The topological polar surface area (TPSA) is 101 Å². The van der Waals surface area contributed by atoms with Crippen LogP contribution in [0.5, 0.6) is 6.01 Å². The van der Waals surface area contributed by atoms with E-state index in [0.29, 0.717) is 30.4 Å². The molecule has 4 saturated heterocycles. The van der Waals surface area contributed by atoms with Gasteiger partial charge in [-0.3, -0.25) is 4.90 Å². The lowest BCUT2D eigenvalue weighted by molar-refractivity contribution is -0.137. The van der Waals surface area contributed by atoms with Crippen molar-refractivity contribution >= 4 is 43.1 Å². The van der Waals surface area contributed by atoms with Gasteiger partial charge >= 0.3 is 12.2 Å². The van der Waals surface area contributed by atoms with Gasteiger partial charge in [0.25, 0.3) is 0 Å². The van der Waals surface area contributed by atoms with Gasteiger partial charge in [0.1, 0.15) is 47.1 Å². The lowest BCUT2D eigenvalue weighted by Crippen LogP contribution is -2.43. The van der Waals surface area contributed by atoms with Gasteiger partial charge < -0.3 is 20.1 Å². The molecule has 0 spiro atoms. The van der Waals surface area contributed by atoms with E-state index in [1.54, 1.807) is 6.07 Å². The number of nitriles is 1. The van der Waals surface area contributed by atoms with Crippen molar-refractivity contribution in [3.05, 3.63) is 41.0 Å². The second-order valence-electron chi connectivity index (χ2n) is 12.5. The first-order valence-electron chi connectivity index (χ1n) is 15.0. The van der Waals surface area contributed by atoms with Crippen molar-refractivity contribution < 1.29 is 40.2 Å². The lowest BCUT2D eigenvalue weighted by Gasteiger charge is -2.31. The summed E-state index contributed by atoms with van der Waals surface area (Å²) >= 11 is 0.662. The maximum absolute atomic E-state index is 16.9. The van der Waals surface area contributed by atoms with Gasteiger partial charge in [0.2, 0.25) is 0 Å². The number of alkyl halides is 5. The van der Waals surface area contributed by atoms with Crippen molar-refractivity contribution in [1.29, 1.82) is 5.26 Å². The number of anilines is 2. The molecule has 4 aliphatic rings. The molecule has 47 heavy (non-hydrogen) atoms. The van der Waals surface area contributed by atoms with Crippen LogP contribution in [0.2, 0.25) is 0 Å². The molecule has 8 nitrogen and oxygen atoms in total. The Kier molecular flexibility index (Phi) is 6.81. The van der Waals surface area contributed by atoms with Crippen LogP contribution in [0, 0.1) is 23.0 Å². The SMILES string of the molecule is N#Cc1c(N)sc2c(F)ccc(-c3c(C(F)(F)F)cc4c(N5CC6OCC5C6F)nc(OCC56CCCN5CC(F)C6)nc4c3F)c12. The van der Waals surface area contributed by atoms with Crippen molar-refractivity contribution in [3.63, 3.8) is 0 Å². The summed E-state index contributed by atoms with van der Waals surface area (Å²) in [5, 5.41) is 9.01. The molecule has 0 radical (unpaired) electrons. The molecule has 2 aromatic carbocycles. The van der Waals surface area contributed by atoms with Crippen LogP contribution >= 0.6 is 11.3 Å². The van der Waals surface area contributed by atoms with Crippen LogP contribution in [0.1, 0.15) is 30.4 Å². The molecule has 4 fully saturated rings. The number of thiophene rings is 1. The van der Waals surface area contributed by atoms with Crippen LogP contribution in [-0.2, 0) is 10.9 Å². The second-order valence-corrected chi connectivity index (χ2v) is 13.5. The van der Waals surface area contributed by atoms with E-state index in [0.717, 1.165) is 18.6 Å². The van der Waals surface area contributed by atoms with E-state index in [2.05, 4.69) is 9.97 Å². The van der Waals surface area contributed by atoms with E-state index >= 15 is 8.78 Å². The number of nitrogens with two attached hydrogens (primary N) is 1. The van der Waals surface area contributed by atoms with E-state index < -0.39 is 70.0 Å². The zero-order chi connectivity index (χ0) is 33.0. The molecule has 5 unspecified atom stereocenters. The normalized spacial score (nSPS) is 27.3. The monoisotopic (exact) mass is 678 g/mol. The number of halogens is 7. The van der Waals surface area contributed by atoms with Crippen LogP contribution < -0.4 is 15.4 Å². The first-order valence-corrected chi connectivity index (χ1v) is 15.8. The molecular formula is C31H25F7N6O2S. The van der Waals surface area contributed by atoms with Gasteiger partial charge in [-0.15, -0.1) is 11.3 Å². The van der Waals surface area contributed by atoms with E-state index in [1.165, 1.54) is 4.90 Å². The Morgan fingerprint density at radius 1 is 1.19 bits per heavy atom. The minimum absolute atomic E-state index is 0.0489. The van der Waals surface area contributed by atoms with Crippen molar-refractivity contribution in [3.8, 4) is 23.2 Å². The minimum atomic E-state index is -5.14. The number of nitrogens with zero attached hydrogens (tertiary/aromatic N) is 5. The minimum Gasteiger partial charge on any atom is -0.461 e. The summed E-state index contributed by atoms with van der Waals surface area (Å²) < 4.78 is 117. The number of rotatable bonds is 5. The number of hydrogen-bond donors (Lipinski definition) is 1. The molecule has 0 saturated carbocycles. The van der Waals surface area contributed by atoms with Gasteiger partial charge in [0, 0.05) is 35.8 Å². The predicted molar refractivity (Wildman–Crippen MR) is 159 cm³/mol. The fourth-order valence-corrected chi connectivity index (χ4v) is 8.71. The Morgan fingerprint density at radius 2 is 2.00 bits per heavy atom. The first kappa shape index (κ1) is 30.4. The van der Waals surface area contributed by atoms with Gasteiger partial charge in [-0.05, 0) is 37.1 Å². The van der Waals surface area contributed by atoms with E-state index in [1.807, 2.05) is 4.90 Å². The maximum Gasteiger partial charge on any atom is 0.417 e. The number of morpholine rings is 1. The Labute approximate surface area is 266 Å². The summed E-state index contributed by atoms with van der Waals surface area (Å²) in [5.41, 5.74) is 1.63. The van der Waals surface area contributed by atoms with Crippen LogP contribution in [-0.4, -0.2) is 77.7 Å². The average Bonchev–Trinajstić information content (AvgIpc) is 3.82. The summed E-state index contributed by atoms with van der Waals surface area (Å²) in [6.07, 6.45) is -6.84. The molecule has 0 amide bonds. The highest BCUT2D eigenvalue weighted by molar-refractivity contribution is 7.23. The quantitative estimate of drug-likeness (QED) is 0.251. The largest absolute Gasteiger partial charge is 0.461 e. The molecule has 16 heteroatoms. The molecule has 2 N–H and O–H groups in total. The molecule has 2 bridgehead atoms. The Morgan fingerprint density at radius 3 is 2.70 bits per heavy atom. The maximum atomic E-state index is 16.9. The average molecular weight is 679 g/mol. The zero-order valence-electron chi connectivity index (χ0n) is 24.4. The molecule has 2 aromatic heterocycles. The van der Waals surface area contributed by atoms with Gasteiger partial charge in [0.15, 0.2) is 12.0 Å². The summed E-state index contributed by atoms with van der Waals surface area (Å²) in [6, 6.07) is 3.07. The van der Waals surface area contributed by atoms with Crippen molar-refractivity contribution in [1.82, 2.24) is 14.9 Å². The summed E-state index contributed by atoms with van der Waals surface area (Å²) in [4.78, 5) is 12.1. The Bertz CT molecular complexity index is 2000. The fourth-order valence-electron chi connectivity index (χ4n) is 7.76. The number of nitrogen functional groups attached to an aromatic ring is 1. The number of benzene rings is 2. The highest BCUT2D eigenvalue weighted by Crippen LogP contribution is 2.49. The van der Waals surface area contributed by atoms with Crippen molar-refractivity contribution in [2.75, 3.05) is 43.5 Å².